The maximum atomic E-state index is 13.2. The maximum absolute atomic E-state index is 13.2. The Morgan fingerprint density at radius 2 is 1.86 bits per heavy atom. The van der Waals surface area contributed by atoms with Gasteiger partial charge in [0.15, 0.2) is 0 Å². The fraction of sp³-hybridized carbons (Fsp3) is 0.316. The smallest absolute Gasteiger partial charge is 0.264 e. The van der Waals surface area contributed by atoms with Crippen LogP contribution in [0.15, 0.2) is 45.8 Å². The number of rotatable bonds is 3. The van der Waals surface area contributed by atoms with Crippen LogP contribution in [0.2, 0.25) is 0 Å². The van der Waals surface area contributed by atoms with Crippen LogP contribution in [0, 0.1) is 5.82 Å². The second-order valence-electron chi connectivity index (χ2n) is 7.59. The Bertz CT molecular complexity index is 1150. The Morgan fingerprint density at radius 1 is 1.14 bits per heavy atom. The third-order valence-electron chi connectivity index (χ3n) is 4.35. The third kappa shape index (κ3) is 3.55. The van der Waals surface area contributed by atoms with Crippen molar-refractivity contribution in [2.45, 2.75) is 31.1 Å². The van der Waals surface area contributed by atoms with E-state index in [1.165, 1.54) is 22.6 Å². The number of benzene rings is 1. The molecule has 0 spiro atoms. The van der Waals surface area contributed by atoms with Crippen molar-refractivity contribution in [1.29, 1.82) is 0 Å². The number of pyridine rings is 1. The molecule has 1 aromatic carbocycles. The molecular weight excluding hydrogens is 399 g/mol. The van der Waals surface area contributed by atoms with E-state index in [1.54, 1.807) is 6.07 Å². The quantitative estimate of drug-likeness (QED) is 0.644. The minimum atomic E-state index is -3.93. The molecule has 0 fully saturated rings. The number of nitrogens with zero attached hydrogens (tertiary/aromatic N) is 4. The second-order valence-corrected chi connectivity index (χ2v) is 9.45. The van der Waals surface area contributed by atoms with Crippen molar-refractivity contribution in [2.24, 2.45) is 0 Å². The van der Waals surface area contributed by atoms with E-state index in [1.807, 2.05) is 20.8 Å². The summed E-state index contributed by atoms with van der Waals surface area (Å²) in [7, 11) is -3.93. The van der Waals surface area contributed by atoms with E-state index in [2.05, 4.69) is 15.2 Å². The normalized spacial score (nSPS) is 14.4. The molecule has 0 aliphatic carbocycles. The fourth-order valence-corrected chi connectivity index (χ4v) is 4.26. The summed E-state index contributed by atoms with van der Waals surface area (Å²) >= 11 is 0. The van der Waals surface area contributed by atoms with Crippen molar-refractivity contribution in [3.8, 4) is 17.3 Å². The zero-order valence-electron chi connectivity index (χ0n) is 16.1. The van der Waals surface area contributed by atoms with Crippen LogP contribution in [0.3, 0.4) is 0 Å². The van der Waals surface area contributed by atoms with E-state index in [-0.39, 0.29) is 40.9 Å². The number of aromatic nitrogens is 3. The van der Waals surface area contributed by atoms with Crippen molar-refractivity contribution in [1.82, 2.24) is 15.2 Å². The molecule has 29 heavy (non-hydrogen) atoms. The first-order valence-electron chi connectivity index (χ1n) is 8.92. The first-order valence-corrected chi connectivity index (χ1v) is 10.4. The van der Waals surface area contributed by atoms with Gasteiger partial charge in [-0.25, -0.2) is 17.8 Å². The number of hydrogen-bond donors (Lipinski definition) is 0. The summed E-state index contributed by atoms with van der Waals surface area (Å²) < 4.78 is 51.9. The average Bonchev–Trinajstić information content (AvgIpc) is 3.18. The number of halogens is 1. The lowest BCUT2D eigenvalue weighted by Crippen LogP contribution is -2.38. The van der Waals surface area contributed by atoms with Gasteiger partial charge >= 0.3 is 0 Å². The van der Waals surface area contributed by atoms with Crippen molar-refractivity contribution in [3.05, 3.63) is 48.2 Å². The highest BCUT2D eigenvalue weighted by Crippen LogP contribution is 2.37. The van der Waals surface area contributed by atoms with E-state index in [0.29, 0.717) is 11.5 Å². The molecule has 8 nitrogen and oxygen atoms in total. The molecule has 2 aromatic heterocycles. The van der Waals surface area contributed by atoms with E-state index < -0.39 is 15.8 Å². The SMILES string of the molecule is CC(C)(C)c1nnc(-c2cnc3c(c2)N(S(=O)(=O)c2ccc(F)cc2)CCO3)o1. The van der Waals surface area contributed by atoms with E-state index in [9.17, 15) is 12.8 Å². The van der Waals surface area contributed by atoms with Crippen molar-refractivity contribution in [2.75, 3.05) is 17.5 Å². The second kappa shape index (κ2) is 6.80. The van der Waals surface area contributed by atoms with Gasteiger partial charge in [0.05, 0.1) is 17.0 Å². The van der Waals surface area contributed by atoms with Crippen molar-refractivity contribution < 1.29 is 22.0 Å². The van der Waals surface area contributed by atoms with Gasteiger partial charge in [-0.2, -0.15) is 0 Å². The summed E-state index contributed by atoms with van der Waals surface area (Å²) in [6, 6.07) is 6.25. The molecule has 3 aromatic rings. The number of anilines is 1. The number of ether oxygens (including phenoxy) is 1. The van der Waals surface area contributed by atoms with Gasteiger partial charge in [-0.1, -0.05) is 20.8 Å². The first kappa shape index (κ1) is 19.3. The Morgan fingerprint density at radius 3 is 2.52 bits per heavy atom. The van der Waals surface area contributed by atoms with Crippen LogP contribution in [-0.4, -0.2) is 36.8 Å². The Kier molecular flexibility index (Phi) is 4.53. The zero-order chi connectivity index (χ0) is 20.8. The highest BCUT2D eigenvalue weighted by Gasteiger charge is 2.32. The lowest BCUT2D eigenvalue weighted by molar-refractivity contribution is 0.303. The van der Waals surface area contributed by atoms with Crippen LogP contribution in [-0.2, 0) is 15.4 Å². The minimum absolute atomic E-state index is 0.0232. The van der Waals surface area contributed by atoms with Gasteiger partial charge in [0.2, 0.25) is 17.7 Å². The average molecular weight is 418 g/mol. The fourth-order valence-electron chi connectivity index (χ4n) is 2.82. The molecule has 152 valence electrons. The van der Waals surface area contributed by atoms with Crippen LogP contribution in [0.4, 0.5) is 10.1 Å². The molecule has 3 heterocycles. The molecule has 0 bridgehead atoms. The molecule has 0 amide bonds. The third-order valence-corrected chi connectivity index (χ3v) is 6.18. The standard InChI is InChI=1S/C19H19FN4O4S/c1-19(2,3)18-23-22-16(28-18)12-10-15-17(21-11-12)27-9-8-24(15)29(25,26)14-6-4-13(20)5-7-14/h4-7,10-11H,8-9H2,1-3H3. The summed E-state index contributed by atoms with van der Waals surface area (Å²) in [5.41, 5.74) is 0.402. The van der Waals surface area contributed by atoms with Gasteiger partial charge in [-0.05, 0) is 30.3 Å². The van der Waals surface area contributed by atoms with Crippen LogP contribution in [0.5, 0.6) is 5.88 Å². The highest BCUT2D eigenvalue weighted by atomic mass is 32.2. The van der Waals surface area contributed by atoms with Crippen LogP contribution < -0.4 is 9.04 Å². The molecule has 1 aliphatic rings. The van der Waals surface area contributed by atoms with Gasteiger partial charge in [-0.15, -0.1) is 10.2 Å². The predicted molar refractivity (Wildman–Crippen MR) is 103 cm³/mol. The monoisotopic (exact) mass is 418 g/mol. The topological polar surface area (TPSA) is 98.4 Å². The zero-order valence-corrected chi connectivity index (χ0v) is 16.9. The Hall–Kier alpha value is -3.01. The van der Waals surface area contributed by atoms with Crippen molar-refractivity contribution in [3.63, 3.8) is 0 Å². The van der Waals surface area contributed by atoms with Gasteiger partial charge in [0.1, 0.15) is 18.1 Å². The molecule has 0 saturated heterocycles. The van der Waals surface area contributed by atoms with Gasteiger partial charge < -0.3 is 9.15 Å². The number of sulfonamides is 1. The molecule has 4 rings (SSSR count). The summed E-state index contributed by atoms with van der Waals surface area (Å²) in [6.45, 7) is 6.07. The predicted octanol–water partition coefficient (Wildman–Crippen LogP) is 3.16. The van der Waals surface area contributed by atoms with E-state index >= 15 is 0 Å². The first-order chi connectivity index (χ1) is 13.7. The molecule has 0 N–H and O–H groups in total. The van der Waals surface area contributed by atoms with Crippen molar-refractivity contribution >= 4 is 15.7 Å². The molecule has 0 unspecified atom stereocenters. The summed E-state index contributed by atoms with van der Waals surface area (Å²) in [5, 5.41) is 8.11. The molecular formula is C19H19FN4O4S. The lowest BCUT2D eigenvalue weighted by Gasteiger charge is -2.29. The molecule has 0 atom stereocenters. The molecule has 0 radical (unpaired) electrons. The Labute approximate surface area is 167 Å². The number of fused-ring (bicyclic) bond motifs is 1. The van der Waals surface area contributed by atoms with E-state index in [4.69, 9.17) is 9.15 Å². The Balaban J connectivity index is 1.76. The largest absolute Gasteiger partial charge is 0.474 e. The number of hydrogen-bond acceptors (Lipinski definition) is 7. The van der Waals surface area contributed by atoms with Crippen LogP contribution in [0.25, 0.3) is 11.5 Å². The minimum Gasteiger partial charge on any atom is -0.474 e. The van der Waals surface area contributed by atoms with Crippen LogP contribution >= 0.6 is 0 Å². The van der Waals surface area contributed by atoms with Gasteiger partial charge in [0.25, 0.3) is 10.0 Å². The van der Waals surface area contributed by atoms with Gasteiger partial charge in [-0.3, -0.25) is 4.31 Å². The summed E-state index contributed by atoms with van der Waals surface area (Å²) in [6.07, 6.45) is 1.49. The highest BCUT2D eigenvalue weighted by molar-refractivity contribution is 7.92. The summed E-state index contributed by atoms with van der Waals surface area (Å²) in [5.74, 6) is 0.356. The van der Waals surface area contributed by atoms with Crippen LogP contribution in [0.1, 0.15) is 26.7 Å². The maximum Gasteiger partial charge on any atom is 0.264 e. The lowest BCUT2D eigenvalue weighted by atomic mass is 9.97. The van der Waals surface area contributed by atoms with Gasteiger partial charge in [0, 0.05) is 11.6 Å². The molecule has 0 saturated carbocycles. The van der Waals surface area contributed by atoms with E-state index in [0.717, 1.165) is 12.1 Å². The molecule has 1 aliphatic heterocycles. The summed E-state index contributed by atoms with van der Waals surface area (Å²) in [4.78, 5) is 4.20. The molecule has 10 heteroatoms.